The predicted molar refractivity (Wildman–Crippen MR) is 66.8 cm³/mol. The van der Waals surface area contributed by atoms with Crippen molar-refractivity contribution >= 4 is 5.97 Å². The quantitative estimate of drug-likeness (QED) is 0.839. The highest BCUT2D eigenvalue weighted by molar-refractivity contribution is 5.73. The summed E-state index contributed by atoms with van der Waals surface area (Å²) in [5.74, 6) is -0.993. The van der Waals surface area contributed by atoms with Gasteiger partial charge in [0, 0.05) is 18.0 Å². The highest BCUT2D eigenvalue weighted by Crippen LogP contribution is 2.16. The van der Waals surface area contributed by atoms with Crippen molar-refractivity contribution in [2.24, 2.45) is 5.73 Å². The SMILES string of the molecule is NC(Cc1ccc(-c2cnccn2)cc1)C(=O)O. The standard InChI is InChI=1S/C13H13N3O2/c14-11(13(17)18)7-9-1-3-10(4-2-9)12-8-15-5-6-16-12/h1-6,8,11H,7,14H2,(H,17,18). The van der Waals surface area contributed by atoms with Gasteiger partial charge in [0.1, 0.15) is 6.04 Å². The second-order valence-electron chi connectivity index (χ2n) is 3.94. The third-order valence-corrected chi connectivity index (χ3v) is 2.59. The molecule has 2 rings (SSSR count). The first-order chi connectivity index (χ1) is 8.66. The van der Waals surface area contributed by atoms with E-state index >= 15 is 0 Å². The number of hydrogen-bond acceptors (Lipinski definition) is 4. The van der Waals surface area contributed by atoms with E-state index in [-0.39, 0.29) is 0 Å². The van der Waals surface area contributed by atoms with Gasteiger partial charge in [-0.1, -0.05) is 24.3 Å². The van der Waals surface area contributed by atoms with E-state index in [2.05, 4.69) is 9.97 Å². The van der Waals surface area contributed by atoms with Crippen LogP contribution in [-0.2, 0) is 11.2 Å². The molecule has 0 saturated carbocycles. The minimum absolute atomic E-state index is 0.316. The number of hydrogen-bond donors (Lipinski definition) is 2. The molecule has 5 nitrogen and oxygen atoms in total. The Labute approximate surface area is 104 Å². The minimum atomic E-state index is -0.993. The van der Waals surface area contributed by atoms with Gasteiger partial charge in [0.25, 0.3) is 0 Å². The van der Waals surface area contributed by atoms with Crippen LogP contribution >= 0.6 is 0 Å². The van der Waals surface area contributed by atoms with E-state index in [1.165, 1.54) is 0 Å². The lowest BCUT2D eigenvalue weighted by molar-refractivity contribution is -0.138. The molecule has 1 aromatic heterocycles. The first-order valence-corrected chi connectivity index (χ1v) is 5.50. The zero-order chi connectivity index (χ0) is 13.0. The van der Waals surface area contributed by atoms with Crippen LogP contribution in [0.5, 0.6) is 0 Å². The number of benzene rings is 1. The number of carbonyl (C=O) groups is 1. The third kappa shape index (κ3) is 2.89. The average Bonchev–Trinajstić information content (AvgIpc) is 2.40. The van der Waals surface area contributed by atoms with Crippen molar-refractivity contribution in [3.8, 4) is 11.3 Å². The van der Waals surface area contributed by atoms with Gasteiger partial charge in [0.15, 0.2) is 0 Å². The van der Waals surface area contributed by atoms with Crippen molar-refractivity contribution in [1.29, 1.82) is 0 Å². The lowest BCUT2D eigenvalue weighted by Gasteiger charge is -2.07. The van der Waals surface area contributed by atoms with Crippen molar-refractivity contribution in [3.63, 3.8) is 0 Å². The predicted octanol–water partition coefficient (Wildman–Crippen LogP) is 1.10. The molecular formula is C13H13N3O2. The fourth-order valence-corrected chi connectivity index (χ4v) is 1.60. The molecule has 0 spiro atoms. The number of carboxylic acids is 1. The normalized spacial score (nSPS) is 12.1. The molecule has 0 bridgehead atoms. The fourth-order valence-electron chi connectivity index (χ4n) is 1.60. The number of nitrogens with two attached hydrogens (primary N) is 1. The van der Waals surface area contributed by atoms with Gasteiger partial charge in [-0.05, 0) is 12.0 Å². The summed E-state index contributed by atoms with van der Waals surface area (Å²) in [6, 6.07) is 6.61. The monoisotopic (exact) mass is 243 g/mol. The second-order valence-corrected chi connectivity index (χ2v) is 3.94. The molecular weight excluding hydrogens is 230 g/mol. The molecule has 0 radical (unpaired) electrons. The van der Waals surface area contributed by atoms with Crippen LogP contribution < -0.4 is 5.73 Å². The topological polar surface area (TPSA) is 89.1 Å². The van der Waals surface area contributed by atoms with Crippen molar-refractivity contribution < 1.29 is 9.90 Å². The summed E-state index contributed by atoms with van der Waals surface area (Å²) in [6.07, 6.45) is 5.24. The number of carboxylic acid groups (broad SMARTS) is 1. The van der Waals surface area contributed by atoms with Gasteiger partial charge < -0.3 is 10.8 Å². The van der Waals surface area contributed by atoms with Gasteiger partial charge in [0.2, 0.25) is 0 Å². The van der Waals surface area contributed by atoms with Gasteiger partial charge in [-0.25, -0.2) is 0 Å². The summed E-state index contributed by atoms with van der Waals surface area (Å²) in [5.41, 5.74) is 8.09. The van der Waals surface area contributed by atoms with Gasteiger partial charge in [-0.3, -0.25) is 14.8 Å². The second kappa shape index (κ2) is 5.37. The first kappa shape index (κ1) is 12.2. The fraction of sp³-hybridized carbons (Fsp3) is 0.154. The van der Waals surface area contributed by atoms with Gasteiger partial charge in [0.05, 0.1) is 11.9 Å². The van der Waals surface area contributed by atoms with E-state index in [1.54, 1.807) is 18.6 Å². The summed E-state index contributed by atoms with van der Waals surface area (Å²) in [5, 5.41) is 8.73. The average molecular weight is 243 g/mol. The zero-order valence-corrected chi connectivity index (χ0v) is 9.65. The van der Waals surface area contributed by atoms with Gasteiger partial charge in [-0.15, -0.1) is 0 Å². The van der Waals surface area contributed by atoms with Crippen LogP contribution in [-0.4, -0.2) is 27.1 Å². The minimum Gasteiger partial charge on any atom is -0.480 e. The molecule has 0 fully saturated rings. The van der Waals surface area contributed by atoms with Crippen LogP contribution in [0.1, 0.15) is 5.56 Å². The van der Waals surface area contributed by atoms with Crippen LogP contribution in [0.2, 0.25) is 0 Å². The maximum absolute atomic E-state index is 10.6. The third-order valence-electron chi connectivity index (χ3n) is 2.59. The molecule has 0 aliphatic carbocycles. The Balaban J connectivity index is 2.13. The molecule has 3 N–H and O–H groups in total. The van der Waals surface area contributed by atoms with Crippen LogP contribution in [0.3, 0.4) is 0 Å². The molecule has 5 heteroatoms. The molecule has 0 aliphatic heterocycles. The highest BCUT2D eigenvalue weighted by atomic mass is 16.4. The van der Waals surface area contributed by atoms with Crippen molar-refractivity contribution in [3.05, 3.63) is 48.4 Å². The molecule has 2 aromatic rings. The summed E-state index contributed by atoms with van der Waals surface area (Å²) in [7, 11) is 0. The van der Waals surface area contributed by atoms with E-state index in [0.29, 0.717) is 6.42 Å². The Hall–Kier alpha value is -2.27. The van der Waals surface area contributed by atoms with E-state index in [1.807, 2.05) is 24.3 Å². The largest absolute Gasteiger partial charge is 0.480 e. The lowest BCUT2D eigenvalue weighted by atomic mass is 10.0. The molecule has 0 aliphatic rings. The molecule has 1 aromatic carbocycles. The maximum atomic E-state index is 10.6. The molecule has 1 atom stereocenters. The maximum Gasteiger partial charge on any atom is 0.320 e. The molecule has 1 heterocycles. The summed E-state index contributed by atoms with van der Waals surface area (Å²) in [6.45, 7) is 0. The lowest BCUT2D eigenvalue weighted by Crippen LogP contribution is -2.32. The molecule has 92 valence electrons. The molecule has 0 saturated heterocycles. The molecule has 1 unspecified atom stereocenters. The summed E-state index contributed by atoms with van der Waals surface area (Å²) in [4.78, 5) is 18.8. The van der Waals surface area contributed by atoms with Crippen LogP contribution in [0, 0.1) is 0 Å². The first-order valence-electron chi connectivity index (χ1n) is 5.50. The summed E-state index contributed by atoms with van der Waals surface area (Å²) >= 11 is 0. The summed E-state index contributed by atoms with van der Waals surface area (Å²) < 4.78 is 0. The Morgan fingerprint density at radius 1 is 1.28 bits per heavy atom. The Morgan fingerprint density at radius 3 is 2.56 bits per heavy atom. The van der Waals surface area contributed by atoms with Crippen molar-refractivity contribution in [1.82, 2.24) is 9.97 Å². The number of aromatic nitrogens is 2. The van der Waals surface area contributed by atoms with E-state index in [4.69, 9.17) is 10.8 Å². The van der Waals surface area contributed by atoms with Crippen molar-refractivity contribution in [2.45, 2.75) is 12.5 Å². The zero-order valence-electron chi connectivity index (χ0n) is 9.65. The molecule has 18 heavy (non-hydrogen) atoms. The Morgan fingerprint density at radius 2 is 2.00 bits per heavy atom. The molecule has 0 amide bonds. The van der Waals surface area contributed by atoms with E-state index < -0.39 is 12.0 Å². The van der Waals surface area contributed by atoms with Gasteiger partial charge in [-0.2, -0.15) is 0 Å². The van der Waals surface area contributed by atoms with Crippen molar-refractivity contribution in [2.75, 3.05) is 0 Å². The Bertz CT molecular complexity index is 526. The van der Waals surface area contributed by atoms with Crippen LogP contribution in [0.4, 0.5) is 0 Å². The smallest absolute Gasteiger partial charge is 0.320 e. The Kier molecular flexibility index (Phi) is 3.64. The number of rotatable bonds is 4. The van der Waals surface area contributed by atoms with Gasteiger partial charge >= 0.3 is 5.97 Å². The van der Waals surface area contributed by atoms with Crippen LogP contribution in [0.25, 0.3) is 11.3 Å². The number of nitrogens with zero attached hydrogens (tertiary/aromatic N) is 2. The van der Waals surface area contributed by atoms with E-state index in [9.17, 15) is 4.79 Å². The van der Waals surface area contributed by atoms with E-state index in [0.717, 1.165) is 16.8 Å². The number of aliphatic carboxylic acids is 1. The van der Waals surface area contributed by atoms with Crippen LogP contribution in [0.15, 0.2) is 42.9 Å². The highest BCUT2D eigenvalue weighted by Gasteiger charge is 2.11.